The molecule has 0 aliphatic carbocycles. The minimum Gasteiger partial charge on any atom is -0.502 e. The van der Waals surface area contributed by atoms with E-state index in [1.165, 1.54) is 19.2 Å². The predicted octanol–water partition coefficient (Wildman–Crippen LogP) is 3.30. The van der Waals surface area contributed by atoms with Crippen LogP contribution in [0.3, 0.4) is 0 Å². The Morgan fingerprint density at radius 1 is 1.21 bits per heavy atom. The summed E-state index contributed by atoms with van der Waals surface area (Å²) >= 11 is 0. The third-order valence-electron chi connectivity index (χ3n) is 5.09. The van der Waals surface area contributed by atoms with Gasteiger partial charge in [0.05, 0.1) is 26.0 Å². The number of methoxy groups -OCH3 is 1. The quantitative estimate of drug-likeness (QED) is 0.740. The number of piperidine rings is 1. The Balaban J connectivity index is 2.02. The lowest BCUT2D eigenvalue weighted by atomic mass is 9.92. The number of esters is 1. The molecule has 1 fully saturated rings. The number of halogens is 2. The summed E-state index contributed by atoms with van der Waals surface area (Å²) in [6, 6.07) is 4.33. The van der Waals surface area contributed by atoms with Gasteiger partial charge in [-0.25, -0.2) is 8.78 Å². The lowest BCUT2D eigenvalue weighted by Crippen LogP contribution is -2.29. The molecule has 0 amide bonds. The summed E-state index contributed by atoms with van der Waals surface area (Å²) < 4.78 is 37.6. The zero-order valence-corrected chi connectivity index (χ0v) is 16.1. The first-order valence-electron chi connectivity index (χ1n) is 9.49. The van der Waals surface area contributed by atoms with Crippen molar-refractivity contribution in [2.45, 2.75) is 38.1 Å². The van der Waals surface area contributed by atoms with Gasteiger partial charge in [0.2, 0.25) is 11.2 Å². The summed E-state index contributed by atoms with van der Waals surface area (Å²) in [7, 11) is 1.19. The van der Waals surface area contributed by atoms with E-state index in [9.17, 15) is 23.5 Å². The van der Waals surface area contributed by atoms with Crippen LogP contribution >= 0.6 is 0 Å². The minimum absolute atomic E-state index is 0.166. The van der Waals surface area contributed by atoms with Crippen molar-refractivity contribution in [3.63, 3.8) is 0 Å². The van der Waals surface area contributed by atoms with E-state index in [4.69, 9.17) is 4.42 Å². The summed E-state index contributed by atoms with van der Waals surface area (Å²) in [5.74, 6) is -4.30. The fourth-order valence-corrected chi connectivity index (χ4v) is 3.55. The monoisotopic (exact) mass is 407 g/mol. The Hall–Kier alpha value is -2.74. The topological polar surface area (TPSA) is 80.0 Å². The van der Waals surface area contributed by atoms with E-state index in [0.29, 0.717) is 12.3 Å². The second-order valence-corrected chi connectivity index (χ2v) is 7.13. The van der Waals surface area contributed by atoms with Gasteiger partial charge in [-0.05, 0) is 43.6 Å². The number of carbonyl (C=O) groups excluding carboxylic acids is 1. The molecule has 1 aliphatic heterocycles. The highest BCUT2D eigenvalue weighted by Crippen LogP contribution is 2.34. The van der Waals surface area contributed by atoms with Crippen LogP contribution in [-0.4, -0.2) is 36.2 Å². The van der Waals surface area contributed by atoms with Crippen molar-refractivity contribution < 1.29 is 27.8 Å². The molecule has 0 spiro atoms. The highest BCUT2D eigenvalue weighted by atomic mass is 19.2. The molecule has 29 heavy (non-hydrogen) atoms. The van der Waals surface area contributed by atoms with Crippen molar-refractivity contribution in [3.05, 3.63) is 63.2 Å². The largest absolute Gasteiger partial charge is 0.502 e. The number of likely N-dealkylation sites (tertiary alicyclic amines) is 1. The maximum atomic E-state index is 13.8. The van der Waals surface area contributed by atoms with E-state index in [2.05, 4.69) is 9.64 Å². The summed E-state index contributed by atoms with van der Waals surface area (Å²) in [6.07, 6.45) is 2.94. The molecular weight excluding hydrogens is 384 g/mol. The molecule has 1 aliphatic rings. The number of hydrogen-bond donors (Lipinski definition) is 1. The molecule has 2 aromatic rings. The second-order valence-electron chi connectivity index (χ2n) is 7.13. The third-order valence-corrected chi connectivity index (χ3v) is 5.09. The number of benzene rings is 1. The van der Waals surface area contributed by atoms with Crippen LogP contribution in [0.4, 0.5) is 8.78 Å². The van der Waals surface area contributed by atoms with Crippen LogP contribution in [0.1, 0.15) is 48.7 Å². The fourth-order valence-electron chi connectivity index (χ4n) is 3.55. The van der Waals surface area contributed by atoms with Crippen molar-refractivity contribution in [1.82, 2.24) is 4.90 Å². The summed E-state index contributed by atoms with van der Waals surface area (Å²) in [5.41, 5.74) is -0.474. The maximum absolute atomic E-state index is 13.8. The van der Waals surface area contributed by atoms with E-state index in [1.54, 1.807) is 0 Å². The van der Waals surface area contributed by atoms with Gasteiger partial charge >= 0.3 is 5.97 Å². The SMILES string of the molecule is COC(=O)C[C@@H](c1ccc(F)c(F)c1)c1oc(CN2CCCCC2)cc(=O)c1O. The standard InChI is InChI=1S/C21H23F2NO5/c1-28-19(26)11-15(13-5-6-16(22)17(23)9-13)21-20(27)18(25)10-14(29-21)12-24-7-3-2-4-8-24/h5-6,9-10,15,27H,2-4,7-8,11-12H2,1H3/t15-/m0/s1. The van der Waals surface area contributed by atoms with Gasteiger partial charge in [-0.2, -0.15) is 0 Å². The molecule has 6 nitrogen and oxygen atoms in total. The summed E-state index contributed by atoms with van der Waals surface area (Å²) in [4.78, 5) is 26.4. The molecule has 0 unspecified atom stereocenters. The van der Waals surface area contributed by atoms with Gasteiger partial charge in [-0.3, -0.25) is 14.5 Å². The van der Waals surface area contributed by atoms with Crippen LogP contribution in [-0.2, 0) is 16.1 Å². The first kappa shape index (κ1) is 21.0. The molecule has 0 bridgehead atoms. The molecular formula is C21H23F2NO5. The smallest absolute Gasteiger partial charge is 0.306 e. The van der Waals surface area contributed by atoms with Crippen LogP contribution < -0.4 is 5.43 Å². The number of carbonyl (C=O) groups is 1. The molecule has 1 atom stereocenters. The number of nitrogens with zero attached hydrogens (tertiary/aromatic N) is 1. The highest BCUT2D eigenvalue weighted by Gasteiger charge is 2.27. The predicted molar refractivity (Wildman–Crippen MR) is 101 cm³/mol. The Bertz CT molecular complexity index is 937. The number of aromatic hydroxyl groups is 1. The van der Waals surface area contributed by atoms with Gasteiger partial charge in [0.25, 0.3) is 0 Å². The first-order chi connectivity index (χ1) is 13.9. The minimum atomic E-state index is -1.11. The Morgan fingerprint density at radius 3 is 2.59 bits per heavy atom. The Morgan fingerprint density at radius 2 is 1.93 bits per heavy atom. The van der Waals surface area contributed by atoms with Gasteiger partial charge in [0.15, 0.2) is 17.4 Å². The first-order valence-corrected chi connectivity index (χ1v) is 9.49. The Labute approximate surface area is 166 Å². The van der Waals surface area contributed by atoms with E-state index < -0.39 is 34.7 Å². The van der Waals surface area contributed by atoms with Crippen molar-refractivity contribution >= 4 is 5.97 Å². The normalized spacial score (nSPS) is 15.8. The average Bonchev–Trinajstić information content (AvgIpc) is 2.71. The van der Waals surface area contributed by atoms with Gasteiger partial charge in [-0.1, -0.05) is 12.5 Å². The average molecular weight is 407 g/mol. The molecule has 1 saturated heterocycles. The van der Waals surface area contributed by atoms with E-state index in [1.807, 2.05) is 0 Å². The van der Waals surface area contributed by atoms with Crippen LogP contribution in [0.15, 0.2) is 33.5 Å². The fraction of sp³-hybridized carbons (Fsp3) is 0.429. The molecule has 2 heterocycles. The summed E-state index contributed by atoms with van der Waals surface area (Å²) in [6.45, 7) is 2.12. The zero-order chi connectivity index (χ0) is 21.0. The number of ether oxygens (including phenoxy) is 1. The van der Waals surface area contributed by atoms with E-state index in [0.717, 1.165) is 44.5 Å². The molecule has 8 heteroatoms. The Kier molecular flexibility index (Phi) is 6.64. The third kappa shape index (κ3) is 5.00. The van der Waals surface area contributed by atoms with Crippen LogP contribution in [0.5, 0.6) is 5.75 Å². The number of hydrogen-bond acceptors (Lipinski definition) is 6. The maximum Gasteiger partial charge on any atom is 0.306 e. The van der Waals surface area contributed by atoms with Crippen molar-refractivity contribution in [2.75, 3.05) is 20.2 Å². The molecule has 0 saturated carbocycles. The summed E-state index contributed by atoms with van der Waals surface area (Å²) in [5, 5.41) is 10.3. The van der Waals surface area contributed by atoms with Gasteiger partial charge in [-0.15, -0.1) is 0 Å². The second kappa shape index (κ2) is 9.17. The van der Waals surface area contributed by atoms with Crippen molar-refractivity contribution in [2.24, 2.45) is 0 Å². The van der Waals surface area contributed by atoms with Crippen LogP contribution in [0.25, 0.3) is 0 Å². The zero-order valence-electron chi connectivity index (χ0n) is 16.1. The van der Waals surface area contributed by atoms with E-state index in [-0.39, 0.29) is 17.7 Å². The van der Waals surface area contributed by atoms with Gasteiger partial charge < -0.3 is 14.3 Å². The lowest BCUT2D eigenvalue weighted by molar-refractivity contribution is -0.140. The van der Waals surface area contributed by atoms with Gasteiger partial charge in [0, 0.05) is 6.07 Å². The molecule has 1 N–H and O–H groups in total. The highest BCUT2D eigenvalue weighted by molar-refractivity contribution is 5.71. The molecule has 1 aromatic carbocycles. The van der Waals surface area contributed by atoms with E-state index >= 15 is 0 Å². The van der Waals surface area contributed by atoms with Crippen LogP contribution in [0.2, 0.25) is 0 Å². The molecule has 0 radical (unpaired) electrons. The van der Waals surface area contributed by atoms with Gasteiger partial charge in [0.1, 0.15) is 5.76 Å². The van der Waals surface area contributed by atoms with Crippen molar-refractivity contribution in [1.29, 1.82) is 0 Å². The number of rotatable bonds is 6. The van der Waals surface area contributed by atoms with Crippen molar-refractivity contribution in [3.8, 4) is 5.75 Å². The molecule has 156 valence electrons. The molecule has 1 aromatic heterocycles. The lowest BCUT2D eigenvalue weighted by Gasteiger charge is -2.26. The molecule has 3 rings (SSSR count). The van der Waals surface area contributed by atoms with Crippen LogP contribution in [0, 0.1) is 11.6 Å².